The number of carbonyl (C=O) groups is 1. The minimum Gasteiger partial charge on any atom is -0.489 e. The van der Waals surface area contributed by atoms with Crippen molar-refractivity contribution in [2.24, 2.45) is 0 Å². The highest BCUT2D eigenvalue weighted by molar-refractivity contribution is 9.10. The molecule has 0 bridgehead atoms. The van der Waals surface area contributed by atoms with Crippen LogP contribution in [0.5, 0.6) is 5.75 Å². The summed E-state index contributed by atoms with van der Waals surface area (Å²) in [7, 11) is 0. The normalized spacial score (nSPS) is 11.9. The van der Waals surface area contributed by atoms with E-state index in [1.807, 2.05) is 30.3 Å². The summed E-state index contributed by atoms with van der Waals surface area (Å²) in [6, 6.07) is 14.4. The van der Waals surface area contributed by atoms with Crippen LogP contribution in [0.15, 0.2) is 53.0 Å². The molecule has 0 aliphatic heterocycles. The van der Waals surface area contributed by atoms with Crippen molar-refractivity contribution < 1.29 is 19.7 Å². The standard InChI is InChI=1S/C15H13BrO4/c16-11-6-7-13(12(8-11)14(17)15(18)19)20-9-10-4-2-1-3-5-10/h1-8,14,17H,9H2,(H,18,19)/t14-/m1/s1. The summed E-state index contributed by atoms with van der Waals surface area (Å²) in [6.07, 6.45) is -1.61. The van der Waals surface area contributed by atoms with Crippen molar-refractivity contribution >= 4 is 21.9 Å². The Morgan fingerprint density at radius 3 is 2.55 bits per heavy atom. The maximum atomic E-state index is 10.9. The van der Waals surface area contributed by atoms with Crippen LogP contribution in [0, 0.1) is 0 Å². The molecule has 0 spiro atoms. The summed E-state index contributed by atoms with van der Waals surface area (Å²) in [5, 5.41) is 18.6. The van der Waals surface area contributed by atoms with Crippen molar-refractivity contribution in [1.82, 2.24) is 0 Å². The van der Waals surface area contributed by atoms with Gasteiger partial charge in [0, 0.05) is 10.0 Å². The van der Waals surface area contributed by atoms with E-state index in [0.29, 0.717) is 16.8 Å². The molecule has 0 fully saturated rings. The molecule has 0 unspecified atom stereocenters. The highest BCUT2D eigenvalue weighted by atomic mass is 79.9. The van der Waals surface area contributed by atoms with Gasteiger partial charge in [0.25, 0.3) is 0 Å². The number of halogens is 1. The maximum Gasteiger partial charge on any atom is 0.337 e. The summed E-state index contributed by atoms with van der Waals surface area (Å²) >= 11 is 3.25. The van der Waals surface area contributed by atoms with Crippen molar-refractivity contribution in [2.45, 2.75) is 12.7 Å². The summed E-state index contributed by atoms with van der Waals surface area (Å²) in [5.74, 6) is -0.959. The molecule has 0 heterocycles. The number of benzene rings is 2. The molecule has 5 heteroatoms. The third-order valence-corrected chi connectivity index (χ3v) is 3.23. The van der Waals surface area contributed by atoms with Gasteiger partial charge in [0.05, 0.1) is 0 Å². The average molecular weight is 337 g/mol. The molecule has 0 radical (unpaired) electrons. The lowest BCUT2D eigenvalue weighted by Crippen LogP contribution is -2.12. The van der Waals surface area contributed by atoms with Gasteiger partial charge in [-0.3, -0.25) is 0 Å². The minimum absolute atomic E-state index is 0.225. The molecule has 0 saturated carbocycles. The Hall–Kier alpha value is -1.85. The van der Waals surface area contributed by atoms with Gasteiger partial charge in [0.1, 0.15) is 12.4 Å². The highest BCUT2D eigenvalue weighted by Gasteiger charge is 2.20. The van der Waals surface area contributed by atoms with E-state index in [-0.39, 0.29) is 5.56 Å². The van der Waals surface area contributed by atoms with E-state index in [4.69, 9.17) is 9.84 Å². The molecular formula is C15H13BrO4. The van der Waals surface area contributed by atoms with Gasteiger partial charge >= 0.3 is 5.97 Å². The Balaban J connectivity index is 2.21. The minimum atomic E-state index is -1.61. The van der Waals surface area contributed by atoms with Crippen LogP contribution >= 0.6 is 15.9 Å². The van der Waals surface area contributed by atoms with Gasteiger partial charge < -0.3 is 14.9 Å². The van der Waals surface area contributed by atoms with E-state index < -0.39 is 12.1 Å². The van der Waals surface area contributed by atoms with Crippen molar-refractivity contribution in [1.29, 1.82) is 0 Å². The lowest BCUT2D eigenvalue weighted by molar-refractivity contribution is -0.147. The molecule has 2 rings (SSSR count). The first kappa shape index (κ1) is 14.6. The van der Waals surface area contributed by atoms with Crippen LogP contribution in [-0.2, 0) is 11.4 Å². The Morgan fingerprint density at radius 1 is 1.20 bits per heavy atom. The highest BCUT2D eigenvalue weighted by Crippen LogP contribution is 2.29. The van der Waals surface area contributed by atoms with E-state index in [1.165, 1.54) is 0 Å². The van der Waals surface area contributed by atoms with Gasteiger partial charge in [-0.05, 0) is 23.8 Å². The zero-order valence-corrected chi connectivity index (χ0v) is 12.1. The second kappa shape index (κ2) is 6.54. The molecule has 4 nitrogen and oxygen atoms in total. The first-order valence-corrected chi connectivity index (χ1v) is 6.74. The monoisotopic (exact) mass is 336 g/mol. The lowest BCUT2D eigenvalue weighted by atomic mass is 10.1. The zero-order valence-electron chi connectivity index (χ0n) is 10.5. The molecular weight excluding hydrogens is 324 g/mol. The number of aliphatic hydroxyl groups excluding tert-OH is 1. The molecule has 20 heavy (non-hydrogen) atoms. The number of carboxylic acid groups (broad SMARTS) is 1. The number of ether oxygens (including phenoxy) is 1. The smallest absolute Gasteiger partial charge is 0.337 e. The van der Waals surface area contributed by atoms with Gasteiger partial charge in [-0.2, -0.15) is 0 Å². The molecule has 0 aliphatic carbocycles. The Kier molecular flexibility index (Phi) is 4.76. The third kappa shape index (κ3) is 3.59. The van der Waals surface area contributed by atoms with E-state index >= 15 is 0 Å². The van der Waals surface area contributed by atoms with Gasteiger partial charge in [0.2, 0.25) is 0 Å². The number of aliphatic carboxylic acids is 1. The number of carboxylic acids is 1. The van der Waals surface area contributed by atoms with E-state index in [1.54, 1.807) is 18.2 Å². The molecule has 2 aromatic rings. The van der Waals surface area contributed by atoms with E-state index in [9.17, 15) is 9.90 Å². The molecule has 0 aromatic heterocycles. The van der Waals surface area contributed by atoms with E-state index in [2.05, 4.69) is 15.9 Å². The fraction of sp³-hybridized carbons (Fsp3) is 0.133. The molecule has 2 aromatic carbocycles. The first-order chi connectivity index (χ1) is 9.58. The van der Waals surface area contributed by atoms with Gasteiger partial charge in [-0.25, -0.2) is 4.79 Å². The van der Waals surface area contributed by atoms with Crippen LogP contribution in [0.1, 0.15) is 17.2 Å². The molecule has 2 N–H and O–H groups in total. The predicted octanol–water partition coefficient (Wildman–Crippen LogP) is 3.15. The zero-order chi connectivity index (χ0) is 14.5. The SMILES string of the molecule is O=C(O)[C@H](O)c1cc(Br)ccc1OCc1ccccc1. The Morgan fingerprint density at radius 2 is 1.90 bits per heavy atom. The number of rotatable bonds is 5. The summed E-state index contributed by atoms with van der Waals surface area (Å²) < 4.78 is 6.29. The molecule has 1 atom stereocenters. The largest absolute Gasteiger partial charge is 0.489 e. The van der Waals surface area contributed by atoms with Crippen LogP contribution in [-0.4, -0.2) is 16.2 Å². The fourth-order valence-corrected chi connectivity index (χ4v) is 2.11. The average Bonchev–Trinajstić information content (AvgIpc) is 2.46. The molecule has 0 aliphatic rings. The number of aliphatic hydroxyl groups is 1. The van der Waals surface area contributed by atoms with Gasteiger partial charge in [-0.1, -0.05) is 46.3 Å². The summed E-state index contributed by atoms with van der Waals surface area (Å²) in [4.78, 5) is 10.9. The Labute approximate surface area is 124 Å². The van der Waals surface area contributed by atoms with Crippen LogP contribution in [0.3, 0.4) is 0 Å². The van der Waals surface area contributed by atoms with Crippen LogP contribution in [0.25, 0.3) is 0 Å². The fourth-order valence-electron chi connectivity index (χ4n) is 1.73. The predicted molar refractivity (Wildman–Crippen MR) is 77.5 cm³/mol. The summed E-state index contributed by atoms with van der Waals surface area (Å²) in [5.41, 5.74) is 1.19. The quantitative estimate of drug-likeness (QED) is 0.880. The van der Waals surface area contributed by atoms with Gasteiger partial charge in [-0.15, -0.1) is 0 Å². The first-order valence-electron chi connectivity index (χ1n) is 5.95. The van der Waals surface area contributed by atoms with Crippen LogP contribution < -0.4 is 4.74 Å². The van der Waals surface area contributed by atoms with E-state index in [0.717, 1.165) is 5.56 Å². The third-order valence-electron chi connectivity index (χ3n) is 2.74. The number of hydrogen-bond acceptors (Lipinski definition) is 3. The van der Waals surface area contributed by atoms with Crippen molar-refractivity contribution in [3.63, 3.8) is 0 Å². The van der Waals surface area contributed by atoms with Crippen molar-refractivity contribution in [3.8, 4) is 5.75 Å². The molecule has 104 valence electrons. The lowest BCUT2D eigenvalue weighted by Gasteiger charge is -2.14. The topological polar surface area (TPSA) is 66.8 Å². The second-order valence-electron chi connectivity index (χ2n) is 4.20. The molecule has 0 amide bonds. The van der Waals surface area contributed by atoms with Crippen molar-refractivity contribution in [3.05, 3.63) is 64.1 Å². The Bertz CT molecular complexity index is 598. The second-order valence-corrected chi connectivity index (χ2v) is 5.11. The molecule has 0 saturated heterocycles. The number of hydrogen-bond donors (Lipinski definition) is 2. The summed E-state index contributed by atoms with van der Waals surface area (Å²) in [6.45, 7) is 0.307. The van der Waals surface area contributed by atoms with Gasteiger partial charge in [0.15, 0.2) is 6.10 Å². The van der Waals surface area contributed by atoms with Crippen LogP contribution in [0.2, 0.25) is 0 Å². The van der Waals surface area contributed by atoms with Crippen LogP contribution in [0.4, 0.5) is 0 Å². The maximum absolute atomic E-state index is 10.9. The van der Waals surface area contributed by atoms with Crippen molar-refractivity contribution in [2.75, 3.05) is 0 Å².